The first-order chi connectivity index (χ1) is 13.6. The van der Waals surface area contributed by atoms with Crippen LogP contribution in [0.1, 0.15) is 46.3 Å². The van der Waals surface area contributed by atoms with Crippen molar-refractivity contribution in [3.63, 3.8) is 0 Å². The minimum absolute atomic E-state index is 0. The molecule has 1 atom stereocenters. The largest absolute Gasteiger partial charge is 1.00 e. The van der Waals surface area contributed by atoms with Gasteiger partial charge in [-0.15, -0.1) is 0 Å². The van der Waals surface area contributed by atoms with Gasteiger partial charge in [0.1, 0.15) is 0 Å². The Bertz CT molecular complexity index is 1210. The zero-order chi connectivity index (χ0) is 19.4. The van der Waals surface area contributed by atoms with Crippen molar-refractivity contribution in [1.82, 2.24) is 4.57 Å². The number of fused-ring (bicyclic) bond motifs is 2. The zero-order valence-electron chi connectivity index (χ0n) is 17.8. The minimum Gasteiger partial charge on any atom is -1.00 e. The van der Waals surface area contributed by atoms with Crippen LogP contribution in [-0.2, 0) is 23.2 Å². The van der Waals surface area contributed by atoms with Gasteiger partial charge in [0.25, 0.3) is 0 Å². The Hall–Kier alpha value is -2.06. The Balaban J connectivity index is 0.00000128. The number of benzene rings is 2. The van der Waals surface area contributed by atoms with Crippen LogP contribution >= 0.6 is 0 Å². The molecule has 0 spiro atoms. The van der Waals surface area contributed by atoms with Crippen molar-refractivity contribution in [2.45, 2.75) is 37.7 Å². The van der Waals surface area contributed by atoms with E-state index in [1.165, 1.54) is 45.4 Å². The second-order valence-electron chi connectivity index (χ2n) is 8.03. The maximum absolute atomic E-state index is 2.56. The Morgan fingerprint density at radius 1 is 0.900 bits per heavy atom. The van der Waals surface area contributed by atoms with Gasteiger partial charge >= 0.3 is 180 Å². The molecule has 0 saturated carbocycles. The van der Waals surface area contributed by atoms with E-state index in [4.69, 9.17) is 0 Å². The van der Waals surface area contributed by atoms with Crippen molar-refractivity contribution in [3.8, 4) is 0 Å². The summed E-state index contributed by atoms with van der Waals surface area (Å²) in [5.41, 5.74) is 11.7. The fourth-order valence-electron chi connectivity index (χ4n) is 4.66. The average Bonchev–Trinajstić information content (AvgIpc) is 3.31. The molecular weight excluding hydrogens is 456 g/mol. The summed E-state index contributed by atoms with van der Waals surface area (Å²) >= 11 is -0.798. The third kappa shape index (κ3) is 3.40. The van der Waals surface area contributed by atoms with Crippen LogP contribution in [0.4, 0.5) is 0 Å². The van der Waals surface area contributed by atoms with Gasteiger partial charge in [0.2, 0.25) is 0 Å². The minimum atomic E-state index is -0.798. The molecule has 5 rings (SSSR count). The quantitative estimate of drug-likeness (QED) is 0.528. The molecule has 2 aliphatic rings. The van der Waals surface area contributed by atoms with Crippen LogP contribution in [0.2, 0.25) is 0 Å². The number of aryl methyl sites for hydroxylation is 1. The van der Waals surface area contributed by atoms with E-state index in [-0.39, 0.29) is 9.41 Å². The summed E-state index contributed by atoms with van der Waals surface area (Å²) in [6, 6.07) is 17.9. The van der Waals surface area contributed by atoms with Gasteiger partial charge < -0.3 is 9.41 Å². The number of nitrogens with zero attached hydrogens (tertiary/aromatic N) is 1. The number of rotatable bonds is 3. The van der Waals surface area contributed by atoms with Crippen LogP contribution in [-0.4, -0.2) is 4.57 Å². The molecule has 0 fully saturated rings. The number of allylic oxidation sites excluding steroid dienone is 5. The van der Waals surface area contributed by atoms with Crippen LogP contribution in [0, 0.1) is 13.8 Å². The Morgan fingerprint density at radius 2 is 1.60 bits per heavy atom. The van der Waals surface area contributed by atoms with E-state index in [2.05, 4.69) is 92.9 Å². The summed E-state index contributed by atoms with van der Waals surface area (Å²) in [7, 11) is 0. The summed E-state index contributed by atoms with van der Waals surface area (Å²) in [5.74, 6) is 0. The van der Waals surface area contributed by atoms with Gasteiger partial charge in [-0.3, -0.25) is 0 Å². The first-order valence-electron chi connectivity index (χ1n) is 10.1. The Morgan fingerprint density at radius 3 is 2.33 bits per heavy atom. The van der Waals surface area contributed by atoms with E-state index < -0.39 is 23.2 Å². The molecule has 0 saturated heterocycles. The number of para-hydroxylation sites is 1. The molecule has 1 nitrogen and oxygen atoms in total. The predicted octanol–water partition coefficient (Wildman–Crippen LogP) is 1.03. The van der Waals surface area contributed by atoms with E-state index in [0.717, 1.165) is 0 Å². The van der Waals surface area contributed by atoms with Crippen LogP contribution < -0.4 is 9.41 Å². The molecule has 3 aromatic rings. The molecule has 4 heteroatoms. The van der Waals surface area contributed by atoms with Gasteiger partial charge in [0.05, 0.1) is 0 Å². The molecule has 0 bridgehead atoms. The molecule has 1 aromatic heterocycles. The molecule has 30 heavy (non-hydrogen) atoms. The monoisotopic (exact) mass is 479 g/mol. The van der Waals surface area contributed by atoms with Gasteiger partial charge in [0.15, 0.2) is 0 Å². The van der Waals surface area contributed by atoms with Crippen molar-refractivity contribution < 1.29 is 32.6 Å². The molecule has 2 aliphatic carbocycles. The van der Waals surface area contributed by atoms with Gasteiger partial charge in [-0.25, -0.2) is 0 Å². The van der Waals surface area contributed by atoms with Crippen molar-refractivity contribution >= 4 is 22.7 Å². The van der Waals surface area contributed by atoms with Crippen molar-refractivity contribution in [1.29, 1.82) is 0 Å². The molecule has 152 valence electrons. The summed E-state index contributed by atoms with van der Waals surface area (Å²) in [4.78, 5) is 0. The van der Waals surface area contributed by atoms with Crippen LogP contribution in [0.25, 0.3) is 22.7 Å². The number of hydrogen-bond acceptors (Lipinski definition) is 0. The topological polar surface area (TPSA) is 4.93 Å². The van der Waals surface area contributed by atoms with E-state index in [1.54, 1.807) is 14.4 Å². The fraction of sp³-hybridized carbons (Fsp3) is 0.231. The van der Waals surface area contributed by atoms with Gasteiger partial charge in [0, 0.05) is 0 Å². The number of aromatic nitrogens is 1. The summed E-state index contributed by atoms with van der Waals surface area (Å²) in [6.45, 7) is 9.16. The molecule has 2 aromatic carbocycles. The molecule has 0 aliphatic heterocycles. The van der Waals surface area contributed by atoms with Crippen molar-refractivity contribution in [2.24, 2.45) is 0 Å². The molecule has 0 amide bonds. The SMILES string of the molecule is CC1=CC[C]([Zr+2][CH]2C(n3c(C)c(C)c4ccccc43)=Cc3ccccc32)=C1C.[F-].[F-]. The third-order valence-corrected chi connectivity index (χ3v) is 11.0. The Labute approximate surface area is 188 Å². The Kier molecular flexibility index (Phi) is 6.48. The van der Waals surface area contributed by atoms with E-state index in [0.29, 0.717) is 3.63 Å². The van der Waals surface area contributed by atoms with Crippen LogP contribution in [0.15, 0.2) is 69.0 Å². The maximum atomic E-state index is 2.56. The van der Waals surface area contributed by atoms with E-state index in [9.17, 15) is 0 Å². The predicted molar refractivity (Wildman–Crippen MR) is 116 cm³/mol. The number of halogens is 2. The molecule has 0 radical (unpaired) electrons. The van der Waals surface area contributed by atoms with E-state index >= 15 is 0 Å². The average molecular weight is 481 g/mol. The standard InChI is InChI=1S/C19H16N.C7H9.2FH.Zr/c1-13-14(2)20(19-10-6-5-9-18(13)19)17-11-15-7-3-4-8-16(15)12-17;1-6-4-3-5-7(6)2;;;/h3-12H,1-2H3;4H,3H2,1-2H3;2*1H;/q;;;;+2/p-2. The number of hydrogen-bond donors (Lipinski definition) is 0. The second-order valence-corrected chi connectivity index (χ2v) is 11.6. The van der Waals surface area contributed by atoms with Crippen LogP contribution in [0.5, 0.6) is 0 Å². The fourth-order valence-corrected chi connectivity index (χ4v) is 8.98. The summed E-state index contributed by atoms with van der Waals surface area (Å²) in [5, 5.41) is 1.38. The summed E-state index contributed by atoms with van der Waals surface area (Å²) < 4.78 is 4.90. The first-order valence-corrected chi connectivity index (χ1v) is 12.7. The molecule has 1 unspecified atom stereocenters. The third-order valence-electron chi connectivity index (χ3n) is 6.57. The second kappa shape index (κ2) is 8.59. The smallest absolute Gasteiger partial charge is 1.00 e. The van der Waals surface area contributed by atoms with Crippen molar-refractivity contribution in [3.05, 3.63) is 91.4 Å². The maximum Gasteiger partial charge on any atom is -1.00 e. The van der Waals surface area contributed by atoms with Crippen molar-refractivity contribution in [2.75, 3.05) is 0 Å². The molecular formula is C26H25F2NZr. The van der Waals surface area contributed by atoms with Crippen LogP contribution in [0.3, 0.4) is 0 Å². The van der Waals surface area contributed by atoms with E-state index in [1.807, 2.05) is 0 Å². The zero-order valence-corrected chi connectivity index (χ0v) is 20.2. The first kappa shape index (κ1) is 22.6. The van der Waals surface area contributed by atoms with Gasteiger partial charge in [-0.05, 0) is 0 Å². The molecule has 0 N–H and O–H groups in total. The normalized spacial score (nSPS) is 17.1. The van der Waals surface area contributed by atoms with Gasteiger partial charge in [-0.1, -0.05) is 0 Å². The van der Waals surface area contributed by atoms with Gasteiger partial charge in [-0.2, -0.15) is 0 Å². The summed E-state index contributed by atoms with van der Waals surface area (Å²) in [6.07, 6.45) is 6.07. The molecule has 1 heterocycles.